The smallest absolute Gasteiger partial charge is 0.227 e. The van der Waals surface area contributed by atoms with Crippen molar-refractivity contribution in [3.63, 3.8) is 0 Å². The van der Waals surface area contributed by atoms with Gasteiger partial charge in [0.15, 0.2) is 0 Å². The van der Waals surface area contributed by atoms with Gasteiger partial charge in [0.05, 0.1) is 12.5 Å². The van der Waals surface area contributed by atoms with E-state index in [1.54, 1.807) is 17.5 Å². The minimum absolute atomic E-state index is 0.202. The van der Waals surface area contributed by atoms with Gasteiger partial charge in [0.2, 0.25) is 5.91 Å². The van der Waals surface area contributed by atoms with E-state index >= 15 is 0 Å². The molecule has 0 aliphatic carbocycles. The Balaban J connectivity index is 1.67. The molecule has 1 aliphatic rings. The summed E-state index contributed by atoms with van der Waals surface area (Å²) in [6.45, 7) is 0.857. The van der Waals surface area contributed by atoms with E-state index in [-0.39, 0.29) is 11.9 Å². The van der Waals surface area contributed by atoms with Crippen molar-refractivity contribution in [2.75, 3.05) is 6.54 Å². The van der Waals surface area contributed by atoms with E-state index in [1.165, 1.54) is 0 Å². The Morgan fingerprint density at radius 1 is 1.39 bits per heavy atom. The Kier molecular flexibility index (Phi) is 3.11. The second-order valence-electron chi connectivity index (χ2n) is 4.42. The molecule has 2 aromatic rings. The molecule has 92 valence electrons. The Hall–Kier alpha value is -1.68. The topological polar surface area (TPSA) is 33.2 Å². The number of likely N-dealkylation sites (tertiary alicyclic amines) is 1. The van der Waals surface area contributed by atoms with Crippen molar-refractivity contribution >= 4 is 17.2 Å². The quantitative estimate of drug-likeness (QED) is 0.848. The SMILES string of the molecule is O=C(Cc1ccccc1)N1CCC1c1nccs1. The molecule has 1 saturated heterocycles. The van der Waals surface area contributed by atoms with Crippen LogP contribution in [0, 0.1) is 0 Å². The van der Waals surface area contributed by atoms with Gasteiger partial charge in [0.25, 0.3) is 0 Å². The summed E-state index contributed by atoms with van der Waals surface area (Å²) in [5.41, 5.74) is 1.08. The van der Waals surface area contributed by atoms with Gasteiger partial charge in [-0.3, -0.25) is 4.79 Å². The predicted octanol–water partition coefficient (Wildman–Crippen LogP) is 2.66. The van der Waals surface area contributed by atoms with Crippen LogP contribution < -0.4 is 0 Å². The van der Waals surface area contributed by atoms with Crippen LogP contribution in [0.2, 0.25) is 0 Å². The Morgan fingerprint density at radius 3 is 2.83 bits per heavy atom. The Bertz CT molecular complexity index is 524. The second kappa shape index (κ2) is 4.90. The molecule has 1 unspecified atom stereocenters. The molecule has 1 fully saturated rings. The molecule has 1 aromatic carbocycles. The normalized spacial score (nSPS) is 18.4. The van der Waals surface area contributed by atoms with E-state index < -0.39 is 0 Å². The number of nitrogens with zero attached hydrogens (tertiary/aromatic N) is 2. The van der Waals surface area contributed by atoms with Gasteiger partial charge in [-0.05, 0) is 12.0 Å². The number of benzene rings is 1. The van der Waals surface area contributed by atoms with Crippen LogP contribution in [0.5, 0.6) is 0 Å². The molecule has 0 radical (unpaired) electrons. The van der Waals surface area contributed by atoms with Gasteiger partial charge in [-0.25, -0.2) is 4.98 Å². The summed E-state index contributed by atoms with van der Waals surface area (Å²) in [6, 6.07) is 10.1. The zero-order chi connectivity index (χ0) is 12.4. The van der Waals surface area contributed by atoms with Crippen LogP contribution in [0.15, 0.2) is 41.9 Å². The highest BCUT2D eigenvalue weighted by Gasteiger charge is 2.34. The first-order valence-corrected chi connectivity index (χ1v) is 6.95. The summed E-state index contributed by atoms with van der Waals surface area (Å²) >= 11 is 1.63. The minimum atomic E-state index is 0.202. The first kappa shape index (κ1) is 11.4. The van der Waals surface area contributed by atoms with Gasteiger partial charge in [0.1, 0.15) is 5.01 Å². The predicted molar refractivity (Wildman–Crippen MR) is 71.3 cm³/mol. The summed E-state index contributed by atoms with van der Waals surface area (Å²) < 4.78 is 0. The van der Waals surface area contributed by atoms with Gasteiger partial charge in [-0.1, -0.05) is 30.3 Å². The highest BCUT2D eigenvalue weighted by Crippen LogP contribution is 2.34. The average Bonchev–Trinajstić information content (AvgIpc) is 2.82. The number of amides is 1. The summed E-state index contributed by atoms with van der Waals surface area (Å²) in [4.78, 5) is 18.4. The second-order valence-corrected chi connectivity index (χ2v) is 5.35. The van der Waals surface area contributed by atoms with E-state index in [0.717, 1.165) is 23.5 Å². The van der Waals surface area contributed by atoms with Crippen LogP contribution >= 0.6 is 11.3 Å². The third kappa shape index (κ3) is 2.16. The molecular weight excluding hydrogens is 244 g/mol. The average molecular weight is 258 g/mol. The lowest BCUT2D eigenvalue weighted by atomic mass is 10.0. The van der Waals surface area contributed by atoms with E-state index in [1.807, 2.05) is 40.6 Å². The maximum Gasteiger partial charge on any atom is 0.227 e. The fourth-order valence-corrected chi connectivity index (χ4v) is 3.00. The third-order valence-electron chi connectivity index (χ3n) is 3.27. The molecule has 1 amide bonds. The van der Waals surface area contributed by atoms with E-state index in [0.29, 0.717) is 6.42 Å². The maximum atomic E-state index is 12.2. The van der Waals surface area contributed by atoms with Crippen molar-refractivity contribution in [2.45, 2.75) is 18.9 Å². The molecule has 0 N–H and O–H groups in total. The summed E-state index contributed by atoms with van der Waals surface area (Å²) in [7, 11) is 0. The van der Waals surface area contributed by atoms with E-state index in [9.17, 15) is 4.79 Å². The van der Waals surface area contributed by atoms with Crippen LogP contribution in [0.4, 0.5) is 0 Å². The fraction of sp³-hybridized carbons (Fsp3) is 0.286. The van der Waals surface area contributed by atoms with Crippen LogP contribution in [0.3, 0.4) is 0 Å². The standard InChI is InChI=1S/C14H14N2OS/c17-13(10-11-4-2-1-3-5-11)16-8-6-12(16)14-15-7-9-18-14/h1-5,7,9,12H,6,8,10H2. The molecule has 3 rings (SSSR count). The van der Waals surface area contributed by atoms with E-state index in [4.69, 9.17) is 0 Å². The first-order valence-electron chi connectivity index (χ1n) is 6.07. The Labute approximate surface area is 110 Å². The minimum Gasteiger partial charge on any atom is -0.333 e. The number of carbonyl (C=O) groups excluding carboxylic acids is 1. The molecule has 1 atom stereocenters. The van der Waals surface area contributed by atoms with Crippen LogP contribution in [0.25, 0.3) is 0 Å². The molecule has 1 aliphatic heterocycles. The van der Waals surface area contributed by atoms with Gasteiger partial charge < -0.3 is 4.90 Å². The molecule has 4 heteroatoms. The number of aromatic nitrogens is 1. The lowest BCUT2D eigenvalue weighted by molar-refractivity contribution is -0.138. The molecule has 0 bridgehead atoms. The zero-order valence-electron chi connectivity index (χ0n) is 9.95. The molecule has 18 heavy (non-hydrogen) atoms. The number of thiazole rings is 1. The van der Waals surface area contributed by atoms with Crippen LogP contribution in [-0.4, -0.2) is 22.3 Å². The monoisotopic (exact) mass is 258 g/mol. The first-order chi connectivity index (χ1) is 8.84. The lowest BCUT2D eigenvalue weighted by Gasteiger charge is -2.39. The highest BCUT2D eigenvalue weighted by molar-refractivity contribution is 7.09. The number of carbonyl (C=O) groups is 1. The van der Waals surface area contributed by atoms with Crippen LogP contribution in [-0.2, 0) is 11.2 Å². The third-order valence-corrected chi connectivity index (χ3v) is 4.15. The largest absolute Gasteiger partial charge is 0.333 e. The van der Waals surface area contributed by atoms with Crippen molar-refractivity contribution in [1.29, 1.82) is 0 Å². The highest BCUT2D eigenvalue weighted by atomic mass is 32.1. The number of hydrogen-bond acceptors (Lipinski definition) is 3. The van der Waals surface area contributed by atoms with Crippen molar-refractivity contribution in [1.82, 2.24) is 9.88 Å². The Morgan fingerprint density at radius 2 is 2.22 bits per heavy atom. The molecular formula is C14H14N2OS. The summed E-state index contributed by atoms with van der Waals surface area (Å²) in [5.74, 6) is 0.202. The molecule has 3 nitrogen and oxygen atoms in total. The lowest BCUT2D eigenvalue weighted by Crippen LogP contribution is -2.45. The van der Waals surface area contributed by atoms with E-state index in [2.05, 4.69) is 4.98 Å². The zero-order valence-corrected chi connectivity index (χ0v) is 10.8. The van der Waals surface area contributed by atoms with Gasteiger partial charge in [-0.15, -0.1) is 11.3 Å². The van der Waals surface area contributed by atoms with Gasteiger partial charge >= 0.3 is 0 Å². The van der Waals surface area contributed by atoms with Gasteiger partial charge in [-0.2, -0.15) is 0 Å². The van der Waals surface area contributed by atoms with Crippen LogP contribution in [0.1, 0.15) is 23.0 Å². The molecule has 1 aromatic heterocycles. The summed E-state index contributed by atoms with van der Waals surface area (Å²) in [6.07, 6.45) is 3.33. The van der Waals surface area contributed by atoms with Gasteiger partial charge in [0, 0.05) is 18.1 Å². The van der Waals surface area contributed by atoms with Crippen molar-refractivity contribution < 1.29 is 4.79 Å². The number of rotatable bonds is 3. The van der Waals surface area contributed by atoms with Crippen molar-refractivity contribution in [3.8, 4) is 0 Å². The van der Waals surface area contributed by atoms with Crippen molar-refractivity contribution in [2.24, 2.45) is 0 Å². The fourth-order valence-electron chi connectivity index (χ4n) is 2.21. The summed E-state index contributed by atoms with van der Waals surface area (Å²) in [5, 5.41) is 3.02. The maximum absolute atomic E-state index is 12.2. The molecule has 0 spiro atoms. The number of hydrogen-bond donors (Lipinski definition) is 0. The molecule has 0 saturated carbocycles. The van der Waals surface area contributed by atoms with Crippen molar-refractivity contribution in [3.05, 3.63) is 52.5 Å². The molecule has 2 heterocycles.